The summed E-state index contributed by atoms with van der Waals surface area (Å²) in [5.74, 6) is 1.17. The minimum atomic E-state index is -0.790. The van der Waals surface area contributed by atoms with Crippen molar-refractivity contribution < 1.29 is 14.6 Å². The van der Waals surface area contributed by atoms with Gasteiger partial charge in [-0.1, -0.05) is 12.1 Å². The van der Waals surface area contributed by atoms with Crippen LogP contribution in [0.3, 0.4) is 0 Å². The molecular weight excluding hydrogens is 318 g/mol. The number of benzene rings is 1. The number of methoxy groups -OCH3 is 1. The fourth-order valence-corrected chi connectivity index (χ4v) is 2.40. The molecule has 128 valence electrons. The number of nitrogens with zero attached hydrogens (tertiary/aromatic N) is 2. The van der Waals surface area contributed by atoms with Crippen molar-refractivity contribution in [3.8, 4) is 11.6 Å². The molecule has 6 nitrogen and oxygen atoms in total. The molecule has 0 fully saturated rings. The van der Waals surface area contributed by atoms with E-state index in [9.17, 15) is 9.90 Å². The van der Waals surface area contributed by atoms with Gasteiger partial charge in [0.1, 0.15) is 11.6 Å². The molecule has 3 rings (SSSR count). The Balaban J connectivity index is 1.58. The average Bonchev–Trinajstić information content (AvgIpc) is 3.21. The number of amides is 1. The summed E-state index contributed by atoms with van der Waals surface area (Å²) in [6, 6.07) is 14.4. The maximum atomic E-state index is 12.2. The van der Waals surface area contributed by atoms with Crippen LogP contribution in [0.1, 0.15) is 22.0 Å². The van der Waals surface area contributed by atoms with Gasteiger partial charge in [0.15, 0.2) is 0 Å². The third kappa shape index (κ3) is 4.05. The highest BCUT2D eigenvalue weighted by atomic mass is 16.5. The number of pyridine rings is 1. The van der Waals surface area contributed by atoms with Gasteiger partial charge in [-0.25, -0.2) is 4.98 Å². The van der Waals surface area contributed by atoms with E-state index in [-0.39, 0.29) is 12.5 Å². The number of ether oxygens (including phenoxy) is 1. The number of hydrogen-bond donors (Lipinski definition) is 2. The highest BCUT2D eigenvalue weighted by molar-refractivity contribution is 5.93. The van der Waals surface area contributed by atoms with E-state index < -0.39 is 6.10 Å². The molecule has 0 spiro atoms. The van der Waals surface area contributed by atoms with Gasteiger partial charge < -0.3 is 19.7 Å². The summed E-state index contributed by atoms with van der Waals surface area (Å²) in [6.45, 7) is 0.116. The van der Waals surface area contributed by atoms with Gasteiger partial charge in [-0.2, -0.15) is 0 Å². The average molecular weight is 337 g/mol. The smallest absolute Gasteiger partial charge is 0.252 e. The highest BCUT2D eigenvalue weighted by Gasteiger charge is 2.11. The molecule has 2 heterocycles. The quantitative estimate of drug-likeness (QED) is 0.724. The number of nitrogens with one attached hydrogen (secondary N) is 1. The minimum absolute atomic E-state index is 0.116. The highest BCUT2D eigenvalue weighted by Crippen LogP contribution is 2.17. The first-order valence-corrected chi connectivity index (χ1v) is 7.87. The largest absolute Gasteiger partial charge is 0.497 e. The summed E-state index contributed by atoms with van der Waals surface area (Å²) in [5, 5.41) is 12.9. The number of hydrogen-bond acceptors (Lipinski definition) is 4. The summed E-state index contributed by atoms with van der Waals surface area (Å²) in [4.78, 5) is 16.5. The van der Waals surface area contributed by atoms with Crippen molar-refractivity contribution in [3.63, 3.8) is 0 Å². The van der Waals surface area contributed by atoms with E-state index in [1.165, 1.54) is 6.20 Å². The third-order valence-electron chi connectivity index (χ3n) is 3.84. The zero-order valence-electron chi connectivity index (χ0n) is 13.8. The predicted molar refractivity (Wildman–Crippen MR) is 93.9 cm³/mol. The van der Waals surface area contributed by atoms with Gasteiger partial charge in [0.05, 0.1) is 18.8 Å². The standard InChI is InChI=1S/C19H19N3O3/c1-25-16-7-4-14(5-8-16)17(23)13-21-19(24)15-6-9-18(20-12-15)22-10-2-3-11-22/h2-12,17,23H,13H2,1H3,(H,21,24). The normalized spacial score (nSPS) is 11.8. The molecule has 0 aliphatic rings. The molecular formula is C19H19N3O3. The zero-order chi connectivity index (χ0) is 17.6. The lowest BCUT2D eigenvalue weighted by atomic mass is 10.1. The van der Waals surface area contributed by atoms with Crippen LogP contribution in [0.25, 0.3) is 5.82 Å². The Bertz CT molecular complexity index is 812. The lowest BCUT2D eigenvalue weighted by molar-refractivity contribution is 0.0916. The van der Waals surface area contributed by atoms with Crippen LogP contribution in [0.5, 0.6) is 5.75 Å². The molecule has 0 bridgehead atoms. The summed E-state index contributed by atoms with van der Waals surface area (Å²) < 4.78 is 6.94. The van der Waals surface area contributed by atoms with Crippen LogP contribution >= 0.6 is 0 Å². The van der Waals surface area contributed by atoms with Crippen LogP contribution in [0.4, 0.5) is 0 Å². The summed E-state index contributed by atoms with van der Waals surface area (Å²) >= 11 is 0. The van der Waals surface area contributed by atoms with Crippen molar-refractivity contribution >= 4 is 5.91 Å². The number of carbonyl (C=O) groups excluding carboxylic acids is 1. The second-order valence-electron chi connectivity index (χ2n) is 5.49. The Labute approximate surface area is 145 Å². The van der Waals surface area contributed by atoms with Gasteiger partial charge in [-0.05, 0) is 42.0 Å². The summed E-state index contributed by atoms with van der Waals surface area (Å²) in [6.07, 6.45) is 4.49. The summed E-state index contributed by atoms with van der Waals surface area (Å²) in [7, 11) is 1.58. The number of aliphatic hydroxyl groups excluding tert-OH is 1. The van der Waals surface area contributed by atoms with Crippen LogP contribution in [0.15, 0.2) is 67.1 Å². The Morgan fingerprint density at radius 1 is 1.20 bits per heavy atom. The Hall–Kier alpha value is -3.12. The SMILES string of the molecule is COc1ccc(C(O)CNC(=O)c2ccc(-n3cccc3)nc2)cc1. The first kappa shape index (κ1) is 16.7. The number of carbonyl (C=O) groups is 1. The van der Waals surface area contributed by atoms with Crippen LogP contribution < -0.4 is 10.1 Å². The molecule has 0 saturated heterocycles. The fraction of sp³-hybridized carbons (Fsp3) is 0.158. The Morgan fingerprint density at radius 3 is 2.52 bits per heavy atom. The first-order chi connectivity index (χ1) is 12.2. The molecule has 1 aromatic carbocycles. The lowest BCUT2D eigenvalue weighted by Crippen LogP contribution is -2.28. The van der Waals surface area contributed by atoms with Crippen molar-refractivity contribution in [3.05, 3.63) is 78.2 Å². The molecule has 2 N–H and O–H groups in total. The summed E-state index contributed by atoms with van der Waals surface area (Å²) in [5.41, 5.74) is 1.15. The number of aromatic nitrogens is 2. The van der Waals surface area contributed by atoms with Gasteiger partial charge in [-0.15, -0.1) is 0 Å². The molecule has 0 saturated carbocycles. The van der Waals surface area contributed by atoms with Gasteiger partial charge in [-0.3, -0.25) is 4.79 Å². The fourth-order valence-electron chi connectivity index (χ4n) is 2.40. The Morgan fingerprint density at radius 2 is 1.92 bits per heavy atom. The van der Waals surface area contributed by atoms with Crippen molar-refractivity contribution in [2.45, 2.75) is 6.10 Å². The maximum absolute atomic E-state index is 12.2. The number of rotatable bonds is 6. The van der Waals surface area contributed by atoms with E-state index >= 15 is 0 Å². The minimum Gasteiger partial charge on any atom is -0.497 e. The molecule has 3 aromatic rings. The van der Waals surface area contributed by atoms with Gasteiger partial charge >= 0.3 is 0 Å². The van der Waals surface area contributed by atoms with Crippen LogP contribution in [-0.2, 0) is 0 Å². The molecule has 25 heavy (non-hydrogen) atoms. The lowest BCUT2D eigenvalue weighted by Gasteiger charge is -2.13. The van der Waals surface area contributed by atoms with E-state index in [1.54, 1.807) is 43.5 Å². The zero-order valence-corrected chi connectivity index (χ0v) is 13.8. The van der Waals surface area contributed by atoms with E-state index in [0.29, 0.717) is 16.9 Å². The third-order valence-corrected chi connectivity index (χ3v) is 3.84. The van der Waals surface area contributed by atoms with Gasteiger partial charge in [0.2, 0.25) is 0 Å². The number of aliphatic hydroxyl groups is 1. The van der Waals surface area contributed by atoms with Crippen molar-refractivity contribution in [1.29, 1.82) is 0 Å². The van der Waals surface area contributed by atoms with Crippen molar-refractivity contribution in [2.24, 2.45) is 0 Å². The van der Waals surface area contributed by atoms with E-state index in [1.807, 2.05) is 29.1 Å². The topological polar surface area (TPSA) is 76.4 Å². The van der Waals surface area contributed by atoms with Crippen molar-refractivity contribution in [2.75, 3.05) is 13.7 Å². The molecule has 6 heteroatoms. The Kier molecular flexibility index (Phi) is 5.11. The molecule has 2 aromatic heterocycles. The first-order valence-electron chi connectivity index (χ1n) is 7.87. The molecule has 1 atom stereocenters. The van der Waals surface area contributed by atoms with E-state index in [0.717, 1.165) is 5.82 Å². The second kappa shape index (κ2) is 7.63. The van der Waals surface area contributed by atoms with E-state index in [4.69, 9.17) is 4.74 Å². The molecule has 0 aliphatic carbocycles. The van der Waals surface area contributed by atoms with Crippen LogP contribution in [0.2, 0.25) is 0 Å². The van der Waals surface area contributed by atoms with Gasteiger partial charge in [0, 0.05) is 25.1 Å². The molecule has 0 aliphatic heterocycles. The molecule has 1 unspecified atom stereocenters. The van der Waals surface area contributed by atoms with Crippen molar-refractivity contribution in [1.82, 2.24) is 14.9 Å². The van der Waals surface area contributed by atoms with E-state index in [2.05, 4.69) is 10.3 Å². The van der Waals surface area contributed by atoms with Crippen LogP contribution in [0, 0.1) is 0 Å². The van der Waals surface area contributed by atoms with Crippen LogP contribution in [-0.4, -0.2) is 34.2 Å². The maximum Gasteiger partial charge on any atom is 0.252 e. The molecule has 1 amide bonds. The predicted octanol–water partition coefficient (Wildman–Crippen LogP) is 2.34. The molecule has 0 radical (unpaired) electrons. The monoisotopic (exact) mass is 337 g/mol. The van der Waals surface area contributed by atoms with Gasteiger partial charge in [0.25, 0.3) is 5.91 Å². The second-order valence-corrected chi connectivity index (χ2v) is 5.49.